The van der Waals surface area contributed by atoms with Gasteiger partial charge in [-0.25, -0.2) is 4.98 Å². The molecule has 0 aliphatic carbocycles. The third-order valence-corrected chi connectivity index (χ3v) is 4.93. The van der Waals surface area contributed by atoms with Gasteiger partial charge in [-0.05, 0) is 31.4 Å². The highest BCUT2D eigenvalue weighted by Crippen LogP contribution is 2.35. The van der Waals surface area contributed by atoms with Crippen molar-refractivity contribution in [2.24, 2.45) is 0 Å². The summed E-state index contributed by atoms with van der Waals surface area (Å²) in [5, 5.41) is 3.44. The van der Waals surface area contributed by atoms with Crippen LogP contribution in [0.1, 0.15) is 25.8 Å². The SMILES string of the molecule is CCC(C)Nc1nc(-c2ccccc2)cc(N2CCc3ccccc32)n1. The zero-order chi connectivity index (χ0) is 17.9. The van der Waals surface area contributed by atoms with Crippen LogP contribution in [0.2, 0.25) is 0 Å². The van der Waals surface area contributed by atoms with E-state index in [0.717, 1.165) is 36.5 Å². The van der Waals surface area contributed by atoms with Crippen LogP contribution < -0.4 is 10.2 Å². The molecule has 0 saturated heterocycles. The summed E-state index contributed by atoms with van der Waals surface area (Å²) in [6.45, 7) is 5.27. The van der Waals surface area contributed by atoms with Crippen LogP contribution >= 0.6 is 0 Å². The molecule has 1 aliphatic rings. The largest absolute Gasteiger partial charge is 0.352 e. The van der Waals surface area contributed by atoms with Gasteiger partial charge in [-0.15, -0.1) is 0 Å². The summed E-state index contributed by atoms with van der Waals surface area (Å²) in [6, 6.07) is 21.3. The lowest BCUT2D eigenvalue weighted by molar-refractivity contribution is 0.752. The molecule has 4 nitrogen and oxygen atoms in total. The Hall–Kier alpha value is -2.88. The minimum absolute atomic E-state index is 0.333. The summed E-state index contributed by atoms with van der Waals surface area (Å²) < 4.78 is 0. The lowest BCUT2D eigenvalue weighted by Crippen LogP contribution is -2.19. The minimum Gasteiger partial charge on any atom is -0.352 e. The molecule has 0 bridgehead atoms. The molecule has 1 N–H and O–H groups in total. The number of nitrogens with zero attached hydrogens (tertiary/aromatic N) is 3. The average Bonchev–Trinajstić information content (AvgIpc) is 3.12. The van der Waals surface area contributed by atoms with Crippen molar-refractivity contribution in [3.63, 3.8) is 0 Å². The van der Waals surface area contributed by atoms with Gasteiger partial charge in [-0.2, -0.15) is 4.98 Å². The molecule has 26 heavy (non-hydrogen) atoms. The van der Waals surface area contributed by atoms with Crippen LogP contribution in [0.3, 0.4) is 0 Å². The molecule has 0 radical (unpaired) electrons. The van der Waals surface area contributed by atoms with Gasteiger partial charge >= 0.3 is 0 Å². The normalized spacial score (nSPS) is 14.2. The Bertz CT molecular complexity index is 892. The standard InChI is InChI=1S/C22H24N4/c1-3-16(2)23-22-24-19(17-9-5-4-6-10-17)15-21(25-22)26-14-13-18-11-7-8-12-20(18)26/h4-12,15-16H,3,13-14H2,1-2H3,(H,23,24,25). The van der Waals surface area contributed by atoms with Gasteiger partial charge in [-0.3, -0.25) is 0 Å². The average molecular weight is 344 g/mol. The number of benzene rings is 2. The van der Waals surface area contributed by atoms with Gasteiger partial charge in [0, 0.05) is 29.9 Å². The summed E-state index contributed by atoms with van der Waals surface area (Å²) in [5.74, 6) is 1.65. The predicted octanol–water partition coefficient (Wildman–Crippen LogP) is 5.05. The fraction of sp³-hybridized carbons (Fsp3) is 0.273. The zero-order valence-electron chi connectivity index (χ0n) is 15.3. The van der Waals surface area contributed by atoms with Crippen molar-refractivity contribution in [3.8, 4) is 11.3 Å². The number of aromatic nitrogens is 2. The van der Waals surface area contributed by atoms with Crippen molar-refractivity contribution in [3.05, 3.63) is 66.2 Å². The number of anilines is 3. The number of nitrogens with one attached hydrogen (secondary N) is 1. The Kier molecular flexibility index (Phi) is 4.57. The number of hydrogen-bond donors (Lipinski definition) is 1. The van der Waals surface area contributed by atoms with Crippen molar-refractivity contribution in [1.82, 2.24) is 9.97 Å². The predicted molar refractivity (Wildman–Crippen MR) is 108 cm³/mol. The third kappa shape index (κ3) is 3.27. The topological polar surface area (TPSA) is 41.1 Å². The fourth-order valence-corrected chi connectivity index (χ4v) is 3.29. The highest BCUT2D eigenvalue weighted by Gasteiger charge is 2.22. The van der Waals surface area contributed by atoms with E-state index in [1.165, 1.54) is 11.3 Å². The van der Waals surface area contributed by atoms with E-state index in [1.807, 2.05) is 18.2 Å². The van der Waals surface area contributed by atoms with E-state index in [4.69, 9.17) is 9.97 Å². The Balaban J connectivity index is 1.78. The van der Waals surface area contributed by atoms with Gasteiger partial charge in [0.1, 0.15) is 5.82 Å². The van der Waals surface area contributed by atoms with Gasteiger partial charge in [0.15, 0.2) is 0 Å². The van der Waals surface area contributed by atoms with Crippen LogP contribution in [-0.4, -0.2) is 22.6 Å². The Morgan fingerprint density at radius 1 is 1.04 bits per heavy atom. The molecule has 1 aliphatic heterocycles. The maximum Gasteiger partial charge on any atom is 0.225 e. The van der Waals surface area contributed by atoms with E-state index in [1.54, 1.807) is 0 Å². The van der Waals surface area contributed by atoms with E-state index in [2.05, 4.69) is 66.5 Å². The number of para-hydroxylation sites is 1. The van der Waals surface area contributed by atoms with Crippen molar-refractivity contribution in [2.75, 3.05) is 16.8 Å². The first kappa shape index (κ1) is 16.6. The van der Waals surface area contributed by atoms with Crippen molar-refractivity contribution in [2.45, 2.75) is 32.7 Å². The quantitative estimate of drug-likeness (QED) is 0.703. The van der Waals surface area contributed by atoms with E-state index in [0.29, 0.717) is 12.0 Å². The molecule has 2 aromatic carbocycles. The molecular weight excluding hydrogens is 320 g/mol. The summed E-state index contributed by atoms with van der Waals surface area (Å²) >= 11 is 0. The molecule has 132 valence electrons. The molecule has 0 fully saturated rings. The van der Waals surface area contributed by atoms with Crippen LogP contribution in [0, 0.1) is 0 Å². The molecule has 1 unspecified atom stereocenters. The summed E-state index contributed by atoms with van der Waals surface area (Å²) in [6.07, 6.45) is 2.08. The number of hydrogen-bond acceptors (Lipinski definition) is 4. The van der Waals surface area contributed by atoms with E-state index in [-0.39, 0.29) is 0 Å². The summed E-state index contributed by atoms with van der Waals surface area (Å²) in [5.41, 5.74) is 4.69. The number of rotatable bonds is 5. The first-order valence-corrected chi connectivity index (χ1v) is 9.31. The zero-order valence-corrected chi connectivity index (χ0v) is 15.3. The minimum atomic E-state index is 0.333. The van der Waals surface area contributed by atoms with Crippen LogP contribution in [0.15, 0.2) is 60.7 Å². The molecule has 0 spiro atoms. The van der Waals surface area contributed by atoms with Crippen LogP contribution in [0.25, 0.3) is 11.3 Å². The van der Waals surface area contributed by atoms with Crippen LogP contribution in [0.4, 0.5) is 17.5 Å². The molecule has 4 rings (SSSR count). The first-order valence-electron chi connectivity index (χ1n) is 9.31. The molecule has 4 heteroatoms. The molecule has 3 aromatic rings. The Morgan fingerprint density at radius 2 is 1.81 bits per heavy atom. The second kappa shape index (κ2) is 7.16. The van der Waals surface area contributed by atoms with Crippen molar-refractivity contribution >= 4 is 17.5 Å². The summed E-state index contributed by atoms with van der Waals surface area (Å²) in [7, 11) is 0. The fourth-order valence-electron chi connectivity index (χ4n) is 3.29. The molecule has 0 amide bonds. The summed E-state index contributed by atoms with van der Waals surface area (Å²) in [4.78, 5) is 11.9. The van der Waals surface area contributed by atoms with Gasteiger partial charge < -0.3 is 10.2 Å². The lowest BCUT2D eigenvalue weighted by atomic mass is 10.1. The van der Waals surface area contributed by atoms with Gasteiger partial charge in [-0.1, -0.05) is 55.5 Å². The van der Waals surface area contributed by atoms with Gasteiger partial charge in [0.25, 0.3) is 0 Å². The highest BCUT2D eigenvalue weighted by atomic mass is 15.2. The highest BCUT2D eigenvalue weighted by molar-refractivity contribution is 5.72. The second-order valence-electron chi connectivity index (χ2n) is 6.78. The lowest BCUT2D eigenvalue weighted by Gasteiger charge is -2.21. The molecule has 2 heterocycles. The monoisotopic (exact) mass is 344 g/mol. The molecular formula is C22H24N4. The smallest absolute Gasteiger partial charge is 0.225 e. The van der Waals surface area contributed by atoms with E-state index >= 15 is 0 Å². The molecule has 1 atom stereocenters. The Labute approximate surface area is 154 Å². The maximum absolute atomic E-state index is 4.83. The van der Waals surface area contributed by atoms with Gasteiger partial charge in [0.2, 0.25) is 5.95 Å². The second-order valence-corrected chi connectivity index (χ2v) is 6.78. The van der Waals surface area contributed by atoms with Gasteiger partial charge in [0.05, 0.1) is 5.69 Å². The first-order chi connectivity index (χ1) is 12.7. The molecule has 1 aromatic heterocycles. The third-order valence-electron chi connectivity index (χ3n) is 4.93. The number of fused-ring (bicyclic) bond motifs is 1. The van der Waals surface area contributed by atoms with Crippen LogP contribution in [0.5, 0.6) is 0 Å². The van der Waals surface area contributed by atoms with E-state index < -0.39 is 0 Å². The van der Waals surface area contributed by atoms with Crippen molar-refractivity contribution in [1.29, 1.82) is 0 Å². The van der Waals surface area contributed by atoms with Crippen molar-refractivity contribution < 1.29 is 0 Å². The Morgan fingerprint density at radius 3 is 2.62 bits per heavy atom. The maximum atomic E-state index is 4.83. The molecule has 0 saturated carbocycles. The van der Waals surface area contributed by atoms with Crippen LogP contribution in [-0.2, 0) is 6.42 Å². The van der Waals surface area contributed by atoms with E-state index in [9.17, 15) is 0 Å².